The van der Waals surface area contributed by atoms with E-state index >= 15 is 0 Å². The van der Waals surface area contributed by atoms with Gasteiger partial charge in [-0.1, -0.05) is 32.0 Å². The first-order valence-corrected chi connectivity index (χ1v) is 7.01. The molecule has 0 aliphatic carbocycles. The second kappa shape index (κ2) is 8.18. The van der Waals surface area contributed by atoms with Crippen molar-refractivity contribution in [2.75, 3.05) is 13.7 Å². The monoisotopic (exact) mass is 265 g/mol. The van der Waals surface area contributed by atoms with Gasteiger partial charge in [-0.2, -0.15) is 0 Å². The highest BCUT2D eigenvalue weighted by molar-refractivity contribution is 5.33. The smallest absolute Gasteiger partial charge is 0.124 e. The molecule has 19 heavy (non-hydrogen) atoms. The molecule has 0 aliphatic heterocycles. The van der Waals surface area contributed by atoms with Crippen LogP contribution in [-0.4, -0.2) is 25.9 Å². The van der Waals surface area contributed by atoms with E-state index < -0.39 is 0 Å². The lowest BCUT2D eigenvalue weighted by Gasteiger charge is -2.22. The average molecular weight is 265 g/mol. The molecule has 0 heterocycles. The topological polar surface area (TPSA) is 30.5 Å². The van der Waals surface area contributed by atoms with Gasteiger partial charge >= 0.3 is 0 Å². The van der Waals surface area contributed by atoms with Crippen LogP contribution in [0.25, 0.3) is 0 Å². The Labute approximate surface area is 117 Å². The third kappa shape index (κ3) is 5.62. The van der Waals surface area contributed by atoms with Gasteiger partial charge < -0.3 is 14.8 Å². The maximum absolute atomic E-state index is 5.83. The SMILES string of the molecule is COCC(NCc1ccccc1OC(C)C)C(C)C. The number of hydrogen-bond donors (Lipinski definition) is 1. The molecule has 1 aromatic carbocycles. The Morgan fingerprint density at radius 1 is 1.11 bits per heavy atom. The first-order chi connectivity index (χ1) is 9.04. The Bertz CT molecular complexity index is 364. The molecule has 0 bridgehead atoms. The molecular weight excluding hydrogens is 238 g/mol. The molecule has 0 aromatic heterocycles. The summed E-state index contributed by atoms with van der Waals surface area (Å²) in [5.74, 6) is 1.50. The second-order valence-electron chi connectivity index (χ2n) is 5.46. The molecule has 3 nitrogen and oxygen atoms in total. The van der Waals surface area contributed by atoms with Gasteiger partial charge in [0.25, 0.3) is 0 Å². The van der Waals surface area contributed by atoms with Crippen molar-refractivity contribution < 1.29 is 9.47 Å². The summed E-state index contributed by atoms with van der Waals surface area (Å²) in [6.07, 6.45) is 0.195. The Morgan fingerprint density at radius 2 is 1.79 bits per heavy atom. The lowest BCUT2D eigenvalue weighted by Crippen LogP contribution is -2.37. The molecule has 1 aromatic rings. The van der Waals surface area contributed by atoms with Gasteiger partial charge in [-0.05, 0) is 25.8 Å². The summed E-state index contributed by atoms with van der Waals surface area (Å²) in [5, 5.41) is 3.55. The highest BCUT2D eigenvalue weighted by Gasteiger charge is 2.13. The molecular formula is C16H27NO2. The van der Waals surface area contributed by atoms with Crippen LogP contribution in [0.3, 0.4) is 0 Å². The summed E-state index contributed by atoms with van der Waals surface area (Å²) in [5.41, 5.74) is 1.19. The van der Waals surface area contributed by atoms with E-state index in [0.29, 0.717) is 12.0 Å². The number of ether oxygens (including phenoxy) is 2. The minimum Gasteiger partial charge on any atom is -0.491 e. The maximum atomic E-state index is 5.83. The fourth-order valence-electron chi connectivity index (χ4n) is 1.93. The van der Waals surface area contributed by atoms with Crippen molar-refractivity contribution >= 4 is 0 Å². The highest BCUT2D eigenvalue weighted by atomic mass is 16.5. The lowest BCUT2D eigenvalue weighted by molar-refractivity contribution is 0.146. The maximum Gasteiger partial charge on any atom is 0.124 e. The molecule has 0 amide bonds. The average Bonchev–Trinajstić information content (AvgIpc) is 2.35. The van der Waals surface area contributed by atoms with Crippen LogP contribution < -0.4 is 10.1 Å². The molecule has 3 heteroatoms. The zero-order chi connectivity index (χ0) is 14.3. The molecule has 1 unspecified atom stereocenters. The lowest BCUT2D eigenvalue weighted by atomic mass is 10.0. The van der Waals surface area contributed by atoms with Gasteiger partial charge in [0.2, 0.25) is 0 Å². The van der Waals surface area contributed by atoms with E-state index in [1.54, 1.807) is 7.11 Å². The normalized spacial score (nSPS) is 13.0. The standard InChI is InChI=1S/C16H27NO2/c1-12(2)15(11-18-5)17-10-14-8-6-7-9-16(14)19-13(3)4/h6-9,12-13,15,17H,10-11H2,1-5H3. The van der Waals surface area contributed by atoms with Crippen molar-refractivity contribution in [3.8, 4) is 5.75 Å². The number of methoxy groups -OCH3 is 1. The predicted molar refractivity (Wildman–Crippen MR) is 79.5 cm³/mol. The number of rotatable bonds is 8. The van der Waals surface area contributed by atoms with Crippen molar-refractivity contribution in [3.63, 3.8) is 0 Å². The van der Waals surface area contributed by atoms with E-state index in [4.69, 9.17) is 9.47 Å². The third-order valence-electron chi connectivity index (χ3n) is 3.04. The van der Waals surface area contributed by atoms with Gasteiger partial charge in [0, 0.05) is 25.3 Å². The van der Waals surface area contributed by atoms with Crippen LogP contribution in [0.1, 0.15) is 33.3 Å². The van der Waals surface area contributed by atoms with Gasteiger partial charge in [-0.25, -0.2) is 0 Å². The van der Waals surface area contributed by atoms with Crippen molar-refractivity contribution in [2.24, 2.45) is 5.92 Å². The zero-order valence-corrected chi connectivity index (χ0v) is 12.8. The first-order valence-electron chi connectivity index (χ1n) is 7.01. The van der Waals surface area contributed by atoms with E-state index in [-0.39, 0.29) is 6.10 Å². The summed E-state index contributed by atoms with van der Waals surface area (Å²) in [6, 6.07) is 8.55. The van der Waals surface area contributed by atoms with Gasteiger partial charge in [0.1, 0.15) is 5.75 Å². The molecule has 0 radical (unpaired) electrons. The quantitative estimate of drug-likeness (QED) is 0.783. The van der Waals surface area contributed by atoms with Crippen molar-refractivity contribution in [2.45, 2.75) is 46.4 Å². The van der Waals surface area contributed by atoms with Crippen LogP contribution in [-0.2, 0) is 11.3 Å². The van der Waals surface area contributed by atoms with Gasteiger partial charge in [-0.15, -0.1) is 0 Å². The molecule has 1 N–H and O–H groups in total. The van der Waals surface area contributed by atoms with E-state index in [0.717, 1.165) is 18.9 Å². The van der Waals surface area contributed by atoms with Crippen LogP contribution >= 0.6 is 0 Å². The highest BCUT2D eigenvalue weighted by Crippen LogP contribution is 2.19. The van der Waals surface area contributed by atoms with Crippen LogP contribution in [0.5, 0.6) is 5.75 Å². The van der Waals surface area contributed by atoms with Crippen LogP contribution in [0.15, 0.2) is 24.3 Å². The summed E-state index contributed by atoms with van der Waals surface area (Å²) in [4.78, 5) is 0. The summed E-state index contributed by atoms with van der Waals surface area (Å²) in [6.45, 7) is 10.0. The molecule has 1 rings (SSSR count). The van der Waals surface area contributed by atoms with Gasteiger partial charge in [0.05, 0.1) is 12.7 Å². The molecule has 0 fully saturated rings. The Hall–Kier alpha value is -1.06. The number of benzene rings is 1. The van der Waals surface area contributed by atoms with Crippen LogP contribution in [0, 0.1) is 5.92 Å². The number of hydrogen-bond acceptors (Lipinski definition) is 3. The zero-order valence-electron chi connectivity index (χ0n) is 12.8. The van der Waals surface area contributed by atoms with Crippen molar-refractivity contribution in [3.05, 3.63) is 29.8 Å². The fourth-order valence-corrected chi connectivity index (χ4v) is 1.93. The van der Waals surface area contributed by atoms with Crippen molar-refractivity contribution in [1.29, 1.82) is 0 Å². The summed E-state index contributed by atoms with van der Waals surface area (Å²) >= 11 is 0. The van der Waals surface area contributed by atoms with Gasteiger partial charge in [-0.3, -0.25) is 0 Å². The number of para-hydroxylation sites is 1. The fraction of sp³-hybridized carbons (Fsp3) is 0.625. The van der Waals surface area contributed by atoms with E-state index in [2.05, 4.69) is 25.2 Å². The number of nitrogens with one attached hydrogen (secondary N) is 1. The van der Waals surface area contributed by atoms with Gasteiger partial charge in [0.15, 0.2) is 0 Å². The first kappa shape index (κ1) is 16.0. The molecule has 0 spiro atoms. The minimum atomic E-state index is 0.195. The summed E-state index contributed by atoms with van der Waals surface area (Å²) < 4.78 is 11.1. The predicted octanol–water partition coefficient (Wildman–Crippen LogP) is 3.23. The third-order valence-corrected chi connectivity index (χ3v) is 3.04. The van der Waals surface area contributed by atoms with E-state index in [9.17, 15) is 0 Å². The van der Waals surface area contributed by atoms with Crippen LogP contribution in [0.4, 0.5) is 0 Å². The Kier molecular flexibility index (Phi) is 6.89. The molecule has 0 saturated heterocycles. The second-order valence-corrected chi connectivity index (χ2v) is 5.46. The van der Waals surface area contributed by atoms with Crippen LogP contribution in [0.2, 0.25) is 0 Å². The van der Waals surface area contributed by atoms with E-state index in [1.165, 1.54) is 5.56 Å². The Morgan fingerprint density at radius 3 is 2.37 bits per heavy atom. The summed E-state index contributed by atoms with van der Waals surface area (Å²) in [7, 11) is 1.74. The van der Waals surface area contributed by atoms with E-state index in [1.807, 2.05) is 32.0 Å². The molecule has 1 atom stereocenters. The molecule has 0 saturated carbocycles. The molecule has 0 aliphatic rings. The largest absolute Gasteiger partial charge is 0.491 e. The Balaban J connectivity index is 2.65. The molecule has 108 valence electrons. The minimum absolute atomic E-state index is 0.195. The van der Waals surface area contributed by atoms with Crippen molar-refractivity contribution in [1.82, 2.24) is 5.32 Å².